The van der Waals surface area contributed by atoms with E-state index < -0.39 is 10.5 Å². The van der Waals surface area contributed by atoms with Gasteiger partial charge in [-0.3, -0.25) is 0 Å². The molecule has 0 aliphatic carbocycles. The van der Waals surface area contributed by atoms with E-state index in [1.165, 1.54) is 0 Å². The molecular weight excluding hydrogens is 134 g/mol. The molecule has 6 heteroatoms. The molecule has 0 fully saturated rings. The van der Waals surface area contributed by atoms with Crippen LogP contribution in [0.1, 0.15) is 1.43 Å². The SMILES string of the molecule is COS(=O)(=O)F.[H-].[Na+]. The zero-order chi connectivity index (χ0) is 5.21. The average molecular weight is 138 g/mol. The summed E-state index contributed by atoms with van der Waals surface area (Å²) >= 11 is 0. The van der Waals surface area contributed by atoms with Crippen molar-refractivity contribution in [2.45, 2.75) is 0 Å². The third-order valence-corrected chi connectivity index (χ3v) is 0.597. The van der Waals surface area contributed by atoms with E-state index >= 15 is 0 Å². The molecular formula is CH4FNaO3S. The van der Waals surface area contributed by atoms with E-state index in [1.54, 1.807) is 0 Å². The summed E-state index contributed by atoms with van der Waals surface area (Å²) in [6.07, 6.45) is 0. The summed E-state index contributed by atoms with van der Waals surface area (Å²) in [4.78, 5) is 0. The van der Waals surface area contributed by atoms with Gasteiger partial charge in [0.05, 0.1) is 7.11 Å². The number of rotatable bonds is 1. The number of hydrogen-bond acceptors (Lipinski definition) is 3. The quantitative estimate of drug-likeness (QED) is 0.286. The number of halogens is 1. The molecule has 0 radical (unpaired) electrons. The van der Waals surface area contributed by atoms with Gasteiger partial charge in [0.25, 0.3) is 0 Å². The van der Waals surface area contributed by atoms with Gasteiger partial charge in [0, 0.05) is 0 Å². The molecule has 0 aromatic carbocycles. The van der Waals surface area contributed by atoms with Gasteiger partial charge in [-0.1, -0.05) is 3.89 Å². The van der Waals surface area contributed by atoms with Gasteiger partial charge in [0.15, 0.2) is 0 Å². The van der Waals surface area contributed by atoms with Crippen LogP contribution in [0, 0.1) is 0 Å². The molecule has 0 saturated carbocycles. The second kappa shape index (κ2) is 3.80. The van der Waals surface area contributed by atoms with Crippen molar-refractivity contribution in [2.24, 2.45) is 0 Å². The van der Waals surface area contributed by atoms with E-state index in [1.807, 2.05) is 0 Å². The molecule has 0 atom stereocenters. The van der Waals surface area contributed by atoms with Crippen molar-refractivity contribution in [3.63, 3.8) is 0 Å². The molecule has 0 aliphatic heterocycles. The molecule has 0 rings (SSSR count). The molecule has 0 saturated heterocycles. The largest absolute Gasteiger partial charge is 1.00 e. The molecule has 0 aliphatic rings. The molecule has 40 valence electrons. The molecule has 3 nitrogen and oxygen atoms in total. The van der Waals surface area contributed by atoms with Crippen LogP contribution in [0.5, 0.6) is 0 Å². The standard InChI is InChI=1S/CH3FO3S.Na.H/c1-5-6(2,3)4;;/h1H3;;/q;+1;-1. The Morgan fingerprint density at radius 3 is 1.86 bits per heavy atom. The number of hydrogen-bond donors (Lipinski definition) is 0. The third kappa shape index (κ3) is 10.9. The van der Waals surface area contributed by atoms with Crippen molar-refractivity contribution in [3.8, 4) is 0 Å². The fourth-order valence-corrected chi connectivity index (χ4v) is 0. The Kier molecular flexibility index (Phi) is 5.83. The molecule has 0 aromatic heterocycles. The smallest absolute Gasteiger partial charge is 1.00 e. The Morgan fingerprint density at radius 1 is 1.71 bits per heavy atom. The predicted octanol–water partition coefficient (Wildman–Crippen LogP) is -3.04. The van der Waals surface area contributed by atoms with Crippen molar-refractivity contribution in [2.75, 3.05) is 7.11 Å². The van der Waals surface area contributed by atoms with Crippen LogP contribution in [-0.2, 0) is 14.7 Å². The van der Waals surface area contributed by atoms with E-state index in [0.717, 1.165) is 7.11 Å². The van der Waals surface area contributed by atoms with Crippen LogP contribution in [0.25, 0.3) is 0 Å². The molecule has 0 amide bonds. The minimum atomic E-state index is -4.66. The Balaban J connectivity index is -0.000000125. The maximum absolute atomic E-state index is 10.9. The monoisotopic (exact) mass is 138 g/mol. The van der Waals surface area contributed by atoms with E-state index in [2.05, 4.69) is 4.18 Å². The van der Waals surface area contributed by atoms with Gasteiger partial charge in [-0.05, 0) is 0 Å². The Bertz CT molecular complexity index is 121. The normalized spacial score (nSPS) is 10.0. The summed E-state index contributed by atoms with van der Waals surface area (Å²) in [7, 11) is -3.92. The van der Waals surface area contributed by atoms with Crippen molar-refractivity contribution in [1.29, 1.82) is 0 Å². The van der Waals surface area contributed by atoms with E-state index in [0.29, 0.717) is 0 Å². The van der Waals surface area contributed by atoms with Crippen LogP contribution in [0.2, 0.25) is 0 Å². The zero-order valence-electron chi connectivity index (χ0n) is 5.01. The minimum absolute atomic E-state index is 0. The van der Waals surface area contributed by atoms with Crippen LogP contribution < -0.4 is 29.6 Å². The molecule has 0 bridgehead atoms. The van der Waals surface area contributed by atoms with Crippen molar-refractivity contribution in [1.82, 2.24) is 0 Å². The van der Waals surface area contributed by atoms with Crippen LogP contribution >= 0.6 is 0 Å². The summed E-state index contributed by atoms with van der Waals surface area (Å²) in [6.45, 7) is 0. The Hall–Kier alpha value is 0.840. The first-order chi connectivity index (χ1) is 2.56. The van der Waals surface area contributed by atoms with Gasteiger partial charge in [0.1, 0.15) is 0 Å². The minimum Gasteiger partial charge on any atom is -1.00 e. The summed E-state index contributed by atoms with van der Waals surface area (Å²) in [5, 5.41) is 0. The summed E-state index contributed by atoms with van der Waals surface area (Å²) in [6, 6.07) is 0. The first-order valence-corrected chi connectivity index (χ1v) is 2.37. The van der Waals surface area contributed by atoms with E-state index in [-0.39, 0.29) is 31.0 Å². The first-order valence-electron chi connectivity index (χ1n) is 1.06. The van der Waals surface area contributed by atoms with Crippen molar-refractivity contribution >= 4 is 10.5 Å². The fraction of sp³-hybridized carbons (Fsp3) is 1.00. The second-order valence-electron chi connectivity index (χ2n) is 0.560. The predicted molar refractivity (Wildman–Crippen MR) is 18.1 cm³/mol. The average Bonchev–Trinajstić information content (AvgIpc) is 1.35. The zero-order valence-corrected chi connectivity index (χ0v) is 6.83. The first kappa shape index (κ1) is 10.8. The fourth-order valence-electron chi connectivity index (χ4n) is 0. The van der Waals surface area contributed by atoms with Gasteiger partial charge in [-0.2, -0.15) is 8.42 Å². The molecule has 0 heterocycles. The van der Waals surface area contributed by atoms with Crippen LogP contribution in [0.3, 0.4) is 0 Å². The Labute approximate surface area is 65.0 Å². The van der Waals surface area contributed by atoms with Gasteiger partial charge in [0.2, 0.25) is 0 Å². The van der Waals surface area contributed by atoms with Gasteiger partial charge < -0.3 is 1.43 Å². The maximum Gasteiger partial charge on any atom is 1.00 e. The van der Waals surface area contributed by atoms with Crippen molar-refractivity contribution < 1.29 is 47.5 Å². The topological polar surface area (TPSA) is 43.4 Å². The van der Waals surface area contributed by atoms with E-state index in [9.17, 15) is 3.89 Å². The summed E-state index contributed by atoms with van der Waals surface area (Å²) < 4.78 is 32.3. The van der Waals surface area contributed by atoms with Gasteiger partial charge >= 0.3 is 40.1 Å². The van der Waals surface area contributed by atoms with Crippen LogP contribution in [0.4, 0.5) is 3.89 Å². The van der Waals surface area contributed by atoms with Crippen molar-refractivity contribution in [3.05, 3.63) is 0 Å². The van der Waals surface area contributed by atoms with Crippen LogP contribution in [-0.4, -0.2) is 15.5 Å². The molecule has 0 unspecified atom stereocenters. The molecule has 7 heavy (non-hydrogen) atoms. The Morgan fingerprint density at radius 2 is 1.86 bits per heavy atom. The molecule has 0 aromatic rings. The third-order valence-electron chi connectivity index (χ3n) is 0.199. The van der Waals surface area contributed by atoms with Gasteiger partial charge in [-0.25, -0.2) is 4.18 Å². The molecule has 0 spiro atoms. The van der Waals surface area contributed by atoms with Gasteiger partial charge in [-0.15, -0.1) is 0 Å². The summed E-state index contributed by atoms with van der Waals surface area (Å²) in [5.41, 5.74) is 0. The maximum atomic E-state index is 10.9. The second-order valence-corrected chi connectivity index (χ2v) is 1.68. The molecule has 0 N–H and O–H groups in total. The van der Waals surface area contributed by atoms with Crippen LogP contribution in [0.15, 0.2) is 0 Å². The summed E-state index contributed by atoms with van der Waals surface area (Å²) in [5.74, 6) is 0. The van der Waals surface area contributed by atoms with E-state index in [4.69, 9.17) is 8.42 Å².